The van der Waals surface area contributed by atoms with Crippen LogP contribution in [-0.4, -0.2) is 30.6 Å². The Morgan fingerprint density at radius 3 is 2.42 bits per heavy atom. The average Bonchev–Trinajstić information content (AvgIpc) is 3.31. The number of esters is 1. The van der Waals surface area contributed by atoms with Gasteiger partial charge in [0.2, 0.25) is 0 Å². The lowest BCUT2D eigenvalue weighted by Crippen LogP contribution is -2.40. The first-order chi connectivity index (χ1) is 18.6. The average molecular weight is 506 g/mol. The largest absolute Gasteiger partial charge is 0.489 e. The molecule has 0 radical (unpaired) electrons. The molecule has 38 heavy (non-hydrogen) atoms. The van der Waals surface area contributed by atoms with Crippen LogP contribution in [0.1, 0.15) is 59.9 Å². The summed E-state index contributed by atoms with van der Waals surface area (Å²) in [6.45, 7) is 5.85. The zero-order valence-corrected chi connectivity index (χ0v) is 22.1. The fourth-order valence-corrected chi connectivity index (χ4v) is 5.60. The van der Waals surface area contributed by atoms with Crippen LogP contribution >= 0.6 is 0 Å². The van der Waals surface area contributed by atoms with Crippen LogP contribution in [0, 0.1) is 12.3 Å². The number of hydrogen-bond acceptors (Lipinski definition) is 4. The van der Waals surface area contributed by atoms with Crippen molar-refractivity contribution in [1.82, 2.24) is 4.90 Å². The number of rotatable bonds is 9. The normalized spacial score (nSPS) is 16.5. The lowest BCUT2D eigenvalue weighted by atomic mass is 9.74. The van der Waals surface area contributed by atoms with Gasteiger partial charge in [0.15, 0.2) is 0 Å². The molecule has 4 heteroatoms. The molecule has 1 spiro atoms. The second-order valence-corrected chi connectivity index (χ2v) is 10.3. The number of carbonyl (C=O) groups is 1. The number of allylic oxidation sites excluding steroid dienone is 1. The number of benzene rings is 3. The van der Waals surface area contributed by atoms with Gasteiger partial charge in [-0.05, 0) is 72.8 Å². The molecule has 1 fully saturated rings. The minimum Gasteiger partial charge on any atom is -0.489 e. The number of terminal acetylenes is 1. The lowest BCUT2D eigenvalue weighted by molar-refractivity contribution is -0.143. The van der Waals surface area contributed by atoms with Crippen molar-refractivity contribution in [2.45, 2.75) is 50.7 Å². The van der Waals surface area contributed by atoms with E-state index in [1.807, 2.05) is 24.3 Å². The minimum atomic E-state index is -0.300. The molecule has 0 unspecified atom stereocenters. The third-order valence-corrected chi connectivity index (χ3v) is 7.82. The van der Waals surface area contributed by atoms with Crippen LogP contribution in [0.15, 0.2) is 78.9 Å². The zero-order chi connectivity index (χ0) is 26.4. The SMILES string of the molecule is C#C[C@@H](CC(=O)OCC)c1ccc(OCc2ccc(CN3CCC4(C=Cc5ccccc54)CC3)cc2)cc1. The third-order valence-electron chi connectivity index (χ3n) is 7.82. The first-order valence-corrected chi connectivity index (χ1v) is 13.5. The molecule has 3 aromatic carbocycles. The van der Waals surface area contributed by atoms with Crippen molar-refractivity contribution in [3.05, 3.63) is 107 Å². The third kappa shape index (κ3) is 5.85. The summed E-state index contributed by atoms with van der Waals surface area (Å²) in [6, 6.07) is 25.2. The molecule has 0 N–H and O–H groups in total. The molecule has 0 saturated carbocycles. The van der Waals surface area contributed by atoms with E-state index in [0.29, 0.717) is 13.2 Å². The number of carbonyl (C=O) groups excluding carboxylic acids is 1. The molecule has 2 aliphatic rings. The van der Waals surface area contributed by atoms with Crippen LogP contribution in [0.25, 0.3) is 6.08 Å². The highest BCUT2D eigenvalue weighted by molar-refractivity contribution is 5.71. The number of ether oxygens (including phenoxy) is 2. The van der Waals surface area contributed by atoms with Crippen LogP contribution in [0.3, 0.4) is 0 Å². The quantitative estimate of drug-likeness (QED) is 0.246. The summed E-state index contributed by atoms with van der Waals surface area (Å²) in [4.78, 5) is 14.4. The van der Waals surface area contributed by atoms with Crippen LogP contribution in [-0.2, 0) is 28.1 Å². The van der Waals surface area contributed by atoms with E-state index in [9.17, 15) is 4.79 Å². The van der Waals surface area contributed by atoms with Gasteiger partial charge in [-0.3, -0.25) is 9.69 Å². The van der Waals surface area contributed by atoms with Gasteiger partial charge < -0.3 is 9.47 Å². The molecule has 1 atom stereocenters. The Hall–Kier alpha value is -3.81. The second kappa shape index (κ2) is 11.7. The molecule has 3 aromatic rings. The summed E-state index contributed by atoms with van der Waals surface area (Å²) in [7, 11) is 0. The fourth-order valence-electron chi connectivity index (χ4n) is 5.60. The van der Waals surface area contributed by atoms with Crippen molar-refractivity contribution < 1.29 is 14.3 Å². The van der Waals surface area contributed by atoms with E-state index in [2.05, 4.69) is 71.5 Å². The number of nitrogens with zero attached hydrogens (tertiary/aromatic N) is 1. The number of likely N-dealkylation sites (tertiary alicyclic amines) is 1. The van der Waals surface area contributed by atoms with Gasteiger partial charge in [0.25, 0.3) is 0 Å². The van der Waals surface area contributed by atoms with Crippen molar-refractivity contribution in [2.75, 3.05) is 19.7 Å². The molecular weight excluding hydrogens is 470 g/mol. The standard InChI is InChI=1S/C34H35NO3/c1-3-28(23-33(36)37-4-2)29-13-15-31(16-14-29)38-25-27-11-9-26(10-12-27)24-35-21-19-34(20-22-35)18-17-30-7-5-6-8-32(30)34/h1,5-18,28H,4,19-25H2,2H3/t28-/m0/s1. The van der Waals surface area contributed by atoms with E-state index in [-0.39, 0.29) is 23.7 Å². The zero-order valence-electron chi connectivity index (χ0n) is 22.1. The molecule has 0 bridgehead atoms. The molecule has 0 aromatic heterocycles. The first-order valence-electron chi connectivity index (χ1n) is 13.5. The highest BCUT2D eigenvalue weighted by Gasteiger charge is 2.37. The summed E-state index contributed by atoms with van der Waals surface area (Å²) in [5, 5.41) is 0. The molecule has 4 nitrogen and oxygen atoms in total. The van der Waals surface area contributed by atoms with E-state index in [0.717, 1.165) is 36.5 Å². The molecule has 194 valence electrons. The monoisotopic (exact) mass is 505 g/mol. The maximum atomic E-state index is 11.8. The minimum absolute atomic E-state index is 0.181. The topological polar surface area (TPSA) is 38.8 Å². The van der Waals surface area contributed by atoms with Crippen LogP contribution in [0.2, 0.25) is 0 Å². The Balaban J connectivity index is 1.09. The molecule has 1 aliphatic heterocycles. The Kier molecular flexibility index (Phi) is 7.96. The summed E-state index contributed by atoms with van der Waals surface area (Å²) < 4.78 is 11.0. The van der Waals surface area contributed by atoms with Crippen molar-refractivity contribution >= 4 is 12.0 Å². The summed E-state index contributed by atoms with van der Waals surface area (Å²) in [6.07, 6.45) is 12.9. The number of hydrogen-bond donors (Lipinski definition) is 0. The summed E-state index contributed by atoms with van der Waals surface area (Å²) in [5.41, 5.74) is 6.50. The Morgan fingerprint density at radius 2 is 1.71 bits per heavy atom. The van der Waals surface area contributed by atoms with Gasteiger partial charge in [0, 0.05) is 12.0 Å². The predicted octanol–water partition coefficient (Wildman–Crippen LogP) is 6.50. The molecule has 1 heterocycles. The number of fused-ring (bicyclic) bond motifs is 2. The number of piperidine rings is 1. The van der Waals surface area contributed by atoms with Crippen LogP contribution < -0.4 is 4.74 Å². The van der Waals surface area contributed by atoms with E-state index in [4.69, 9.17) is 15.9 Å². The van der Waals surface area contributed by atoms with Gasteiger partial charge in [0.05, 0.1) is 18.9 Å². The van der Waals surface area contributed by atoms with Gasteiger partial charge in [-0.25, -0.2) is 0 Å². The van der Waals surface area contributed by atoms with Gasteiger partial charge >= 0.3 is 5.97 Å². The lowest BCUT2D eigenvalue weighted by Gasteiger charge is -2.39. The van der Waals surface area contributed by atoms with Crippen LogP contribution in [0.5, 0.6) is 5.75 Å². The van der Waals surface area contributed by atoms with Crippen molar-refractivity contribution in [1.29, 1.82) is 0 Å². The fraction of sp³-hybridized carbons (Fsp3) is 0.324. The molecular formula is C34H35NO3. The van der Waals surface area contributed by atoms with Gasteiger partial charge in [-0.15, -0.1) is 6.42 Å². The molecule has 1 aliphatic carbocycles. The molecule has 0 amide bonds. The van der Waals surface area contributed by atoms with E-state index < -0.39 is 0 Å². The second-order valence-electron chi connectivity index (χ2n) is 10.3. The maximum absolute atomic E-state index is 11.8. The van der Waals surface area contributed by atoms with E-state index in [1.165, 1.54) is 29.5 Å². The Morgan fingerprint density at radius 1 is 1.00 bits per heavy atom. The van der Waals surface area contributed by atoms with Crippen molar-refractivity contribution in [3.8, 4) is 18.1 Å². The van der Waals surface area contributed by atoms with Crippen LogP contribution in [0.4, 0.5) is 0 Å². The maximum Gasteiger partial charge on any atom is 0.307 e. The predicted molar refractivity (Wildman–Crippen MR) is 152 cm³/mol. The van der Waals surface area contributed by atoms with Gasteiger partial charge in [0.1, 0.15) is 12.4 Å². The van der Waals surface area contributed by atoms with E-state index >= 15 is 0 Å². The highest BCUT2D eigenvalue weighted by atomic mass is 16.5. The van der Waals surface area contributed by atoms with E-state index in [1.54, 1.807) is 6.92 Å². The summed E-state index contributed by atoms with van der Waals surface area (Å²) in [5.74, 6) is 2.88. The molecule has 1 saturated heterocycles. The smallest absolute Gasteiger partial charge is 0.307 e. The van der Waals surface area contributed by atoms with Crippen molar-refractivity contribution in [3.63, 3.8) is 0 Å². The van der Waals surface area contributed by atoms with Gasteiger partial charge in [-0.2, -0.15) is 0 Å². The summed E-state index contributed by atoms with van der Waals surface area (Å²) >= 11 is 0. The van der Waals surface area contributed by atoms with Gasteiger partial charge in [-0.1, -0.05) is 78.7 Å². The Bertz CT molecular complexity index is 1310. The van der Waals surface area contributed by atoms with Crippen molar-refractivity contribution in [2.24, 2.45) is 0 Å². The Labute approximate surface area is 226 Å². The molecule has 5 rings (SSSR count). The first kappa shape index (κ1) is 25.8. The highest BCUT2D eigenvalue weighted by Crippen LogP contribution is 2.43.